The second-order valence-corrected chi connectivity index (χ2v) is 25.8. The topological polar surface area (TPSA) is 274 Å². The van der Waals surface area contributed by atoms with Gasteiger partial charge < -0.3 is 57.1 Å². The maximum absolute atomic E-state index is 15.5. The van der Waals surface area contributed by atoms with Crippen LogP contribution in [0, 0.1) is 99.6 Å². The van der Waals surface area contributed by atoms with E-state index < -0.39 is 100 Å². The molecule has 12 N–H and O–H groups in total. The van der Waals surface area contributed by atoms with E-state index in [0.717, 1.165) is 37.7 Å². The van der Waals surface area contributed by atoms with Crippen molar-refractivity contribution in [2.24, 2.45) is 104 Å². The van der Waals surface area contributed by atoms with Gasteiger partial charge in [0.05, 0.1) is 47.7 Å². The Bertz CT molecular complexity index is 2490. The van der Waals surface area contributed by atoms with Crippen LogP contribution in [0.1, 0.15) is 143 Å². The molecule has 0 unspecified atom stereocenters. The molecule has 1 spiro atoms. The highest BCUT2D eigenvalue weighted by Crippen LogP contribution is 2.77. The molecule has 2 bridgehead atoms. The van der Waals surface area contributed by atoms with Crippen molar-refractivity contribution >= 4 is 23.5 Å². The lowest BCUT2D eigenvalue weighted by Gasteiger charge is -2.68. The van der Waals surface area contributed by atoms with Crippen LogP contribution in [0.4, 0.5) is 0 Å². The minimum Gasteiger partial charge on any atom is -0.462 e. The fourth-order valence-electron chi connectivity index (χ4n) is 18.8. The molecule has 5 saturated carbocycles. The highest BCUT2D eigenvalue weighted by atomic mass is 16.6. The zero-order valence-electron chi connectivity index (χ0n) is 44.5. The number of aromatic nitrogens is 1. The van der Waals surface area contributed by atoms with E-state index in [1.807, 2.05) is 25.4 Å². The summed E-state index contributed by atoms with van der Waals surface area (Å²) < 4.78 is 6.28. The first-order valence-electron chi connectivity index (χ1n) is 28.3. The van der Waals surface area contributed by atoms with Gasteiger partial charge in [-0.1, -0.05) is 45.3 Å². The number of nitrogens with one attached hydrogen (secondary N) is 2. The van der Waals surface area contributed by atoms with Crippen molar-refractivity contribution in [3.8, 4) is 11.8 Å². The summed E-state index contributed by atoms with van der Waals surface area (Å²) in [5, 5.41) is 78.1. The van der Waals surface area contributed by atoms with Crippen LogP contribution in [0.2, 0.25) is 0 Å². The number of carbonyl (C=O) groups excluding carboxylic acids is 3. The van der Waals surface area contributed by atoms with Gasteiger partial charge in [0, 0.05) is 54.4 Å². The number of ketones is 2. The van der Waals surface area contributed by atoms with E-state index in [-0.39, 0.29) is 97.9 Å². The van der Waals surface area contributed by atoms with E-state index in [9.17, 15) is 40.2 Å². The van der Waals surface area contributed by atoms with Crippen LogP contribution >= 0.6 is 0 Å². The van der Waals surface area contributed by atoms with E-state index in [2.05, 4.69) is 54.0 Å². The third-order valence-electron chi connectivity index (χ3n) is 22.0. The second-order valence-electron chi connectivity index (χ2n) is 25.8. The van der Waals surface area contributed by atoms with E-state index in [0.29, 0.717) is 43.1 Å². The number of hydrogen-bond acceptors (Lipinski definition) is 12. The summed E-state index contributed by atoms with van der Waals surface area (Å²) in [6.45, 7) is 11.2. The number of rotatable bonds is 9. The van der Waals surface area contributed by atoms with Gasteiger partial charge in [-0.15, -0.1) is 5.92 Å². The van der Waals surface area contributed by atoms with Crippen LogP contribution in [0.3, 0.4) is 0 Å². The molecule has 10 rings (SSSR count). The molecule has 23 atom stereocenters. The Labute approximate surface area is 437 Å². The summed E-state index contributed by atoms with van der Waals surface area (Å²) >= 11 is 0. The average molecular weight is 1020 g/mol. The molecular weight excluding hydrogens is 939 g/mol. The molecular formula is C59H85N5O10. The number of aliphatic hydroxyl groups excluding tert-OH is 4. The largest absolute Gasteiger partial charge is 0.462 e. The first-order valence-corrected chi connectivity index (χ1v) is 28.3. The Kier molecular flexibility index (Phi) is 14.2. The summed E-state index contributed by atoms with van der Waals surface area (Å²) in [5.74, 6) is 3.16. The molecule has 2 heterocycles. The Hall–Kier alpha value is -4.04. The van der Waals surface area contributed by atoms with E-state index in [1.165, 1.54) is 12.5 Å². The second kappa shape index (κ2) is 19.8. The third kappa shape index (κ3) is 8.36. The number of aliphatic imine (C=N–C) groups is 1. The van der Waals surface area contributed by atoms with E-state index >= 15 is 4.79 Å². The molecule has 406 valence electrons. The molecule has 74 heavy (non-hydrogen) atoms. The normalized spacial score (nSPS) is 47.2. The highest BCUT2D eigenvalue weighted by Gasteiger charge is 2.78. The van der Waals surface area contributed by atoms with Gasteiger partial charge in [-0.2, -0.15) is 0 Å². The van der Waals surface area contributed by atoms with Gasteiger partial charge in [-0.3, -0.25) is 19.4 Å². The molecule has 15 nitrogen and oxygen atoms in total. The van der Waals surface area contributed by atoms with Crippen LogP contribution in [0.25, 0.3) is 0 Å². The SMILES string of the molecule is CC[C@H]1OC(=O)[C@@H](c2cc[nH]c2)[C@@H]1[C@@H]1C#CC[C@H]2C[C@@]3(O)C4=C(N[C@@H](CO)C(C)=O)C(=O)[C@@H]5C[C@@H](O)[C@@H](O)C[C@]5(C)[C@H]4[C@H]4CC[C@H](CN=C(N)N)[C@@]3(C4)[C@H]2[C@@](C)(O)[C@H](O)C[C@@H](C)[C@@H]2CC=C3CC[C@@H](C)C[C@H]3[C@H]2C1. The lowest BCUT2D eigenvalue weighted by molar-refractivity contribution is -0.227. The summed E-state index contributed by atoms with van der Waals surface area (Å²) in [6, 6.07) is 0.778. The summed E-state index contributed by atoms with van der Waals surface area (Å²) in [7, 11) is 0. The molecule has 1 saturated heterocycles. The van der Waals surface area contributed by atoms with Crippen LogP contribution < -0.4 is 16.8 Å². The molecule has 1 aliphatic heterocycles. The monoisotopic (exact) mass is 1020 g/mol. The Morgan fingerprint density at radius 1 is 1.00 bits per heavy atom. The molecule has 9 aliphatic rings. The van der Waals surface area contributed by atoms with Gasteiger partial charge in [0.15, 0.2) is 17.5 Å². The summed E-state index contributed by atoms with van der Waals surface area (Å²) in [5.41, 5.74) is 9.14. The predicted molar refractivity (Wildman–Crippen MR) is 278 cm³/mol. The first kappa shape index (κ1) is 53.4. The smallest absolute Gasteiger partial charge is 0.314 e. The van der Waals surface area contributed by atoms with Gasteiger partial charge in [-0.05, 0) is 173 Å². The fraction of sp³-hybridized carbons (Fsp3) is 0.763. The quantitative estimate of drug-likeness (QED) is 0.0525. The van der Waals surface area contributed by atoms with Gasteiger partial charge in [0.2, 0.25) is 0 Å². The number of ether oxygens (including phenoxy) is 1. The van der Waals surface area contributed by atoms with Gasteiger partial charge in [0.25, 0.3) is 0 Å². The van der Waals surface area contributed by atoms with Crippen LogP contribution in [-0.2, 0) is 19.1 Å². The summed E-state index contributed by atoms with van der Waals surface area (Å²) in [4.78, 5) is 50.6. The maximum atomic E-state index is 15.5. The van der Waals surface area contributed by atoms with Crippen molar-refractivity contribution in [2.45, 2.75) is 179 Å². The lowest BCUT2D eigenvalue weighted by Crippen LogP contribution is -2.70. The van der Waals surface area contributed by atoms with Crippen molar-refractivity contribution in [1.82, 2.24) is 10.3 Å². The van der Waals surface area contributed by atoms with Crippen LogP contribution in [-0.4, -0.2) is 114 Å². The molecule has 6 fully saturated rings. The molecule has 15 heteroatoms. The van der Waals surface area contributed by atoms with E-state index in [1.54, 1.807) is 6.92 Å². The number of nitrogens with two attached hydrogens (primary N) is 2. The number of aromatic amines is 1. The molecule has 1 aromatic rings. The van der Waals surface area contributed by atoms with Gasteiger partial charge >= 0.3 is 5.97 Å². The molecule has 0 radical (unpaired) electrons. The molecule has 1 aromatic heterocycles. The number of Topliss-reactive ketones (excluding diaryl/α,β-unsaturated/α-hetero) is 2. The maximum Gasteiger partial charge on any atom is 0.314 e. The number of nitrogens with zero attached hydrogens (tertiary/aromatic N) is 1. The Morgan fingerprint density at radius 3 is 2.46 bits per heavy atom. The van der Waals surface area contributed by atoms with Crippen molar-refractivity contribution in [1.29, 1.82) is 0 Å². The van der Waals surface area contributed by atoms with Crippen LogP contribution in [0.15, 0.2) is 46.4 Å². The summed E-state index contributed by atoms with van der Waals surface area (Å²) in [6.07, 6.45) is 9.93. The third-order valence-corrected chi connectivity index (χ3v) is 22.0. The number of fused-ring (bicyclic) bond motifs is 10. The number of hydrogen-bond donors (Lipinski definition) is 10. The number of aliphatic hydroxyl groups is 6. The number of allylic oxidation sites excluding steroid dienone is 3. The van der Waals surface area contributed by atoms with Crippen molar-refractivity contribution in [3.05, 3.63) is 46.9 Å². The van der Waals surface area contributed by atoms with Gasteiger partial charge in [-0.25, -0.2) is 0 Å². The Morgan fingerprint density at radius 2 is 1.77 bits per heavy atom. The van der Waals surface area contributed by atoms with Crippen molar-refractivity contribution < 1.29 is 49.8 Å². The van der Waals surface area contributed by atoms with Crippen molar-refractivity contribution in [2.75, 3.05) is 13.2 Å². The van der Waals surface area contributed by atoms with Gasteiger partial charge in [0.1, 0.15) is 12.1 Å². The number of esters is 1. The average Bonchev–Trinajstić information content (AvgIpc) is 4.06. The molecule has 8 aliphatic carbocycles. The number of carbonyl (C=O) groups is 3. The fourth-order valence-corrected chi connectivity index (χ4v) is 18.8. The minimum absolute atomic E-state index is 0.0139. The number of H-pyrrole nitrogens is 1. The van der Waals surface area contributed by atoms with Crippen LogP contribution in [0.5, 0.6) is 0 Å². The lowest BCUT2D eigenvalue weighted by atomic mass is 9.37. The van der Waals surface area contributed by atoms with Crippen molar-refractivity contribution in [3.63, 3.8) is 0 Å². The number of cyclic esters (lactones) is 1. The minimum atomic E-state index is -1.89. The zero-order valence-corrected chi connectivity index (χ0v) is 44.5. The predicted octanol–water partition coefficient (Wildman–Crippen LogP) is 4.79. The number of guanidine groups is 1. The Balaban J connectivity index is 1.19. The first-order chi connectivity index (χ1) is 35.1. The molecule has 0 amide bonds. The van der Waals surface area contributed by atoms with E-state index in [4.69, 9.17) is 16.2 Å². The standard InChI is InChI=1S/C59H85N5O10/c1-7-45-47(48(54(71)74-45)36-17-18-62-26-36)33-9-8-10-35-24-59(73)50-49(56(5)25-44(68)43(67)22-41(56)52(70)51(50)64-42(28-65)31(4)66)34-13-15-37(27-63-55(60)61)58(59,23-34)53(35)57(6,72)46(69)20-30(3)38-16-14-32-12-11-29(2)19-39(32)40(38)21-33/h14,17-18,26,29-30,33-35,37-49,53,62,64-65,67-69,72-73H,7,10-13,15-16,19-25,27-28H2,1-6H3,(H4,60,61,63)/t29-,30-,33-,34+,35+,37-,38+,39-,40+,41+,42+,43-,44+,45-,46-,47-,48+,49+,53-,56+,57+,58+,59-/m1/s1. The molecule has 0 aromatic carbocycles. The highest BCUT2D eigenvalue weighted by molar-refractivity contribution is 6.00. The zero-order chi connectivity index (χ0) is 53.0.